The number of carboxylic acid groups (broad SMARTS) is 1. The molecule has 3 aromatic heterocycles. The lowest BCUT2D eigenvalue weighted by Crippen LogP contribution is -2.59. The molecule has 1 fully saturated rings. The van der Waals surface area contributed by atoms with Crippen molar-refractivity contribution in [3.8, 4) is 6.07 Å². The number of rotatable bonds is 5. The molecule has 0 bridgehead atoms. The Kier molecular flexibility index (Phi) is 5.65. The molecule has 0 saturated carbocycles. The van der Waals surface area contributed by atoms with Crippen molar-refractivity contribution in [2.24, 2.45) is 5.41 Å². The van der Waals surface area contributed by atoms with Gasteiger partial charge in [0.25, 0.3) is 5.56 Å². The second-order valence-corrected chi connectivity index (χ2v) is 9.55. The highest BCUT2D eigenvalue weighted by Gasteiger charge is 2.56. The van der Waals surface area contributed by atoms with Crippen LogP contribution in [0.3, 0.4) is 0 Å². The maximum atomic E-state index is 13.6. The number of carbonyl (C=O) groups is 1. The number of aromatic amines is 1. The number of H-pyrrole nitrogens is 1. The maximum Gasteiger partial charge on any atom is 0.336 e. The molecule has 2 unspecified atom stereocenters. The Morgan fingerprint density at radius 2 is 2.18 bits per heavy atom. The summed E-state index contributed by atoms with van der Waals surface area (Å²) < 4.78 is 21.2. The van der Waals surface area contributed by atoms with Crippen LogP contribution in [0.5, 0.6) is 0 Å². The van der Waals surface area contributed by atoms with Gasteiger partial charge in [0.2, 0.25) is 5.95 Å². The normalized spacial score (nSPS) is 22.9. The molecule has 3 N–H and O–H groups in total. The summed E-state index contributed by atoms with van der Waals surface area (Å²) in [7, 11) is 0. The number of aliphatic carboxylic acids is 1. The Hall–Kier alpha value is -3.78. The Labute approximate surface area is 194 Å². The van der Waals surface area contributed by atoms with E-state index in [2.05, 4.69) is 26.5 Å². The Bertz CT molecular complexity index is 1340. The van der Waals surface area contributed by atoms with Gasteiger partial charge in [-0.15, -0.1) is 0 Å². The van der Waals surface area contributed by atoms with Gasteiger partial charge in [0.15, 0.2) is 11.4 Å². The zero-order valence-electron chi connectivity index (χ0n) is 19.1. The summed E-state index contributed by atoms with van der Waals surface area (Å²) in [6, 6.07) is 6.52. The number of nitriles is 1. The summed E-state index contributed by atoms with van der Waals surface area (Å²) in [6.45, 7) is 5.32. The van der Waals surface area contributed by atoms with Crippen LogP contribution in [0.1, 0.15) is 40.0 Å². The number of ether oxygens (including phenoxy) is 1. The van der Waals surface area contributed by atoms with Crippen LogP contribution in [0.25, 0.3) is 10.9 Å². The monoisotopic (exact) mass is 468 g/mol. The second-order valence-electron chi connectivity index (χ2n) is 9.55. The molecule has 1 aliphatic rings. The molecule has 178 valence electrons. The molecule has 34 heavy (non-hydrogen) atoms. The van der Waals surface area contributed by atoms with E-state index in [0.29, 0.717) is 11.2 Å². The molecular weight excluding hydrogens is 443 g/mol. The zero-order chi connectivity index (χ0) is 24.7. The van der Waals surface area contributed by atoms with E-state index in [9.17, 15) is 24.3 Å². The number of aromatic nitrogens is 4. The summed E-state index contributed by atoms with van der Waals surface area (Å²) in [5, 5.41) is 27.4. The zero-order valence-corrected chi connectivity index (χ0v) is 19.1. The number of hydrogen-bond acceptors (Lipinski definition) is 7. The molecule has 0 aliphatic carbocycles. The van der Waals surface area contributed by atoms with Crippen molar-refractivity contribution in [1.82, 2.24) is 19.7 Å². The first kappa shape index (κ1) is 23.4. The van der Waals surface area contributed by atoms with E-state index in [0.717, 1.165) is 0 Å². The van der Waals surface area contributed by atoms with Crippen molar-refractivity contribution in [2.75, 3.05) is 11.9 Å². The standard InChI is InChI=1S/C23H25FN6O4/c1-21(2,3)23(20(32)33)7-6-22(8-9-25,13-34-23)30-15-5-11-27-19(31)17(15)18(29-30)28-14-4-10-26-16(24)12-14/h4-5,10-12H,6-8,13H2,1-3H3,(H,27,31)(H,32,33)(H,26,28,29). The van der Waals surface area contributed by atoms with E-state index in [1.165, 1.54) is 24.5 Å². The first-order valence-corrected chi connectivity index (χ1v) is 10.8. The molecule has 11 heteroatoms. The molecule has 0 radical (unpaired) electrons. The van der Waals surface area contributed by atoms with E-state index in [-0.39, 0.29) is 37.1 Å². The number of anilines is 2. The maximum absolute atomic E-state index is 13.6. The van der Waals surface area contributed by atoms with Crippen molar-refractivity contribution in [3.63, 3.8) is 0 Å². The van der Waals surface area contributed by atoms with Crippen LogP contribution >= 0.6 is 0 Å². The smallest absolute Gasteiger partial charge is 0.336 e. The number of hydrogen-bond donors (Lipinski definition) is 3. The number of fused-ring (bicyclic) bond motifs is 1. The fourth-order valence-corrected chi connectivity index (χ4v) is 4.56. The summed E-state index contributed by atoms with van der Waals surface area (Å²) in [5.41, 5.74) is -2.76. The highest BCUT2D eigenvalue weighted by molar-refractivity contribution is 5.91. The van der Waals surface area contributed by atoms with Crippen LogP contribution in [-0.4, -0.2) is 43.0 Å². The van der Waals surface area contributed by atoms with Gasteiger partial charge in [-0.25, -0.2) is 9.78 Å². The highest BCUT2D eigenvalue weighted by Crippen LogP contribution is 2.47. The molecule has 0 amide bonds. The summed E-state index contributed by atoms with van der Waals surface area (Å²) >= 11 is 0. The quantitative estimate of drug-likeness (QED) is 0.484. The van der Waals surface area contributed by atoms with Gasteiger partial charge in [0.05, 0.1) is 30.2 Å². The Morgan fingerprint density at radius 3 is 2.76 bits per heavy atom. The minimum atomic E-state index is -1.43. The van der Waals surface area contributed by atoms with Crippen LogP contribution in [-0.2, 0) is 15.1 Å². The topological polar surface area (TPSA) is 146 Å². The van der Waals surface area contributed by atoms with Gasteiger partial charge in [-0.05, 0) is 25.0 Å². The van der Waals surface area contributed by atoms with Crippen molar-refractivity contribution in [3.05, 3.63) is 46.9 Å². The van der Waals surface area contributed by atoms with Gasteiger partial charge in [-0.1, -0.05) is 20.8 Å². The van der Waals surface area contributed by atoms with Gasteiger partial charge >= 0.3 is 5.97 Å². The van der Waals surface area contributed by atoms with E-state index < -0.39 is 34.0 Å². The fourth-order valence-electron chi connectivity index (χ4n) is 4.56. The van der Waals surface area contributed by atoms with E-state index in [1.807, 2.05) is 0 Å². The number of nitrogens with one attached hydrogen (secondary N) is 2. The van der Waals surface area contributed by atoms with E-state index in [4.69, 9.17) is 4.74 Å². The minimum absolute atomic E-state index is 0.0141. The largest absolute Gasteiger partial charge is 0.479 e. The number of pyridine rings is 2. The summed E-state index contributed by atoms with van der Waals surface area (Å²) in [4.78, 5) is 31.1. The van der Waals surface area contributed by atoms with E-state index >= 15 is 0 Å². The lowest BCUT2D eigenvalue weighted by Gasteiger charge is -2.49. The highest BCUT2D eigenvalue weighted by atomic mass is 19.1. The summed E-state index contributed by atoms with van der Waals surface area (Å²) in [6.07, 6.45) is 3.18. The van der Waals surface area contributed by atoms with Crippen LogP contribution in [0.4, 0.5) is 15.9 Å². The van der Waals surface area contributed by atoms with Gasteiger partial charge in [-0.3, -0.25) is 9.48 Å². The van der Waals surface area contributed by atoms with Crippen LogP contribution in [0, 0.1) is 22.7 Å². The molecule has 2 atom stereocenters. The molecule has 1 aliphatic heterocycles. The Balaban J connectivity index is 1.83. The third-order valence-electron chi connectivity index (χ3n) is 6.54. The van der Waals surface area contributed by atoms with E-state index in [1.54, 1.807) is 31.5 Å². The molecular formula is C23H25FN6O4. The van der Waals surface area contributed by atoms with Crippen LogP contribution in [0.2, 0.25) is 0 Å². The minimum Gasteiger partial charge on any atom is -0.479 e. The summed E-state index contributed by atoms with van der Waals surface area (Å²) in [5.74, 6) is -1.59. The van der Waals surface area contributed by atoms with Gasteiger partial charge < -0.3 is 20.1 Å². The SMILES string of the molecule is CC(C)(C)C1(C(=O)O)CCC(CC#N)(n2nc(Nc3ccnc(F)c3)c3c(=O)[nH]ccc32)CO1. The molecule has 0 spiro atoms. The predicted octanol–water partition coefficient (Wildman–Crippen LogP) is 3.29. The van der Waals surface area contributed by atoms with Crippen molar-refractivity contribution in [1.29, 1.82) is 5.26 Å². The molecule has 1 saturated heterocycles. The van der Waals surface area contributed by atoms with Crippen molar-refractivity contribution < 1.29 is 19.0 Å². The lowest BCUT2D eigenvalue weighted by atomic mass is 9.69. The number of halogens is 1. The first-order valence-electron chi connectivity index (χ1n) is 10.8. The lowest BCUT2D eigenvalue weighted by molar-refractivity contribution is -0.206. The molecule has 4 rings (SSSR count). The fraction of sp³-hybridized carbons (Fsp3) is 0.435. The van der Waals surface area contributed by atoms with Crippen LogP contribution in [0.15, 0.2) is 35.4 Å². The first-order chi connectivity index (χ1) is 16.0. The second kappa shape index (κ2) is 8.22. The predicted molar refractivity (Wildman–Crippen MR) is 121 cm³/mol. The van der Waals surface area contributed by atoms with Crippen LogP contribution < -0.4 is 10.9 Å². The Morgan fingerprint density at radius 1 is 1.41 bits per heavy atom. The number of nitrogens with zero attached hydrogens (tertiary/aromatic N) is 4. The molecule has 10 nitrogen and oxygen atoms in total. The third-order valence-corrected chi connectivity index (χ3v) is 6.54. The van der Waals surface area contributed by atoms with Gasteiger partial charge in [0, 0.05) is 29.6 Å². The number of carboxylic acids is 1. The molecule has 3 aromatic rings. The molecule has 0 aromatic carbocycles. The average molecular weight is 468 g/mol. The van der Waals surface area contributed by atoms with Gasteiger partial charge in [-0.2, -0.15) is 14.8 Å². The third kappa shape index (κ3) is 3.70. The van der Waals surface area contributed by atoms with Gasteiger partial charge in [0.1, 0.15) is 5.39 Å². The average Bonchev–Trinajstić information content (AvgIpc) is 3.14. The van der Waals surface area contributed by atoms with Crippen molar-refractivity contribution >= 4 is 28.4 Å². The van der Waals surface area contributed by atoms with Crippen molar-refractivity contribution in [2.45, 2.75) is 51.2 Å². The molecule has 4 heterocycles.